The molecule has 2 aromatic rings. The van der Waals surface area contributed by atoms with Crippen LogP contribution in [-0.4, -0.2) is 21.1 Å². The highest BCUT2D eigenvalue weighted by Gasteiger charge is 2.07. The largest absolute Gasteiger partial charge is 0.312 e. The maximum Gasteiger partial charge on any atom is 0.312 e. The SMILES string of the molecule is O=C(NO)c1ncc2ccccc2n1. The van der Waals surface area contributed by atoms with Gasteiger partial charge in [-0.25, -0.2) is 15.4 Å². The number of nitrogens with zero attached hydrogens (tertiary/aromatic N) is 2. The van der Waals surface area contributed by atoms with Crippen LogP contribution in [0.1, 0.15) is 10.6 Å². The van der Waals surface area contributed by atoms with E-state index in [1.54, 1.807) is 6.07 Å². The van der Waals surface area contributed by atoms with E-state index in [2.05, 4.69) is 9.97 Å². The first kappa shape index (κ1) is 8.58. The van der Waals surface area contributed by atoms with Crippen molar-refractivity contribution in [3.05, 3.63) is 36.3 Å². The summed E-state index contributed by atoms with van der Waals surface area (Å²) in [5.74, 6) is -0.762. The normalized spacial score (nSPS) is 10.1. The van der Waals surface area contributed by atoms with Crippen LogP contribution in [0.3, 0.4) is 0 Å². The van der Waals surface area contributed by atoms with Gasteiger partial charge in [-0.15, -0.1) is 0 Å². The van der Waals surface area contributed by atoms with Crippen LogP contribution < -0.4 is 5.48 Å². The Labute approximate surface area is 79.4 Å². The highest BCUT2D eigenvalue weighted by Crippen LogP contribution is 2.08. The third-order valence-corrected chi connectivity index (χ3v) is 1.79. The summed E-state index contributed by atoms with van der Waals surface area (Å²) >= 11 is 0. The first-order valence-electron chi connectivity index (χ1n) is 3.97. The van der Waals surface area contributed by atoms with Gasteiger partial charge in [-0.3, -0.25) is 10.0 Å². The van der Waals surface area contributed by atoms with Crippen molar-refractivity contribution in [2.75, 3.05) is 0 Å². The third kappa shape index (κ3) is 1.40. The number of benzene rings is 1. The number of nitrogens with one attached hydrogen (secondary N) is 1. The minimum atomic E-state index is -0.712. The first-order valence-corrected chi connectivity index (χ1v) is 3.97. The van der Waals surface area contributed by atoms with Crippen LogP contribution in [0.25, 0.3) is 10.9 Å². The number of para-hydroxylation sites is 1. The lowest BCUT2D eigenvalue weighted by Crippen LogP contribution is -2.21. The molecule has 0 saturated heterocycles. The van der Waals surface area contributed by atoms with E-state index in [0.717, 1.165) is 5.39 Å². The van der Waals surface area contributed by atoms with Crippen molar-refractivity contribution >= 4 is 16.8 Å². The van der Waals surface area contributed by atoms with Gasteiger partial charge < -0.3 is 0 Å². The smallest absolute Gasteiger partial charge is 0.288 e. The number of rotatable bonds is 1. The second kappa shape index (κ2) is 3.39. The highest BCUT2D eigenvalue weighted by molar-refractivity contribution is 5.91. The second-order valence-electron chi connectivity index (χ2n) is 2.69. The molecule has 5 nitrogen and oxygen atoms in total. The van der Waals surface area contributed by atoms with Crippen LogP contribution in [0, 0.1) is 0 Å². The molecule has 2 rings (SSSR count). The van der Waals surface area contributed by atoms with E-state index in [1.165, 1.54) is 11.7 Å². The number of fused-ring (bicyclic) bond motifs is 1. The zero-order chi connectivity index (χ0) is 9.97. The maximum atomic E-state index is 11.0. The topological polar surface area (TPSA) is 75.1 Å². The van der Waals surface area contributed by atoms with E-state index in [0.29, 0.717) is 5.52 Å². The number of hydroxylamine groups is 1. The lowest BCUT2D eigenvalue weighted by molar-refractivity contribution is 0.0695. The maximum absolute atomic E-state index is 11.0. The van der Waals surface area contributed by atoms with Gasteiger partial charge in [0.05, 0.1) is 5.52 Å². The number of hydrogen-bond donors (Lipinski definition) is 2. The third-order valence-electron chi connectivity index (χ3n) is 1.79. The molecular weight excluding hydrogens is 182 g/mol. The van der Waals surface area contributed by atoms with Crippen LogP contribution in [0.4, 0.5) is 0 Å². The molecule has 0 saturated carbocycles. The summed E-state index contributed by atoms with van der Waals surface area (Å²) in [6, 6.07) is 7.29. The zero-order valence-electron chi connectivity index (χ0n) is 7.14. The number of carbonyl (C=O) groups is 1. The summed E-state index contributed by atoms with van der Waals surface area (Å²) in [7, 11) is 0. The van der Waals surface area contributed by atoms with Crippen LogP contribution in [-0.2, 0) is 0 Å². The van der Waals surface area contributed by atoms with E-state index in [4.69, 9.17) is 5.21 Å². The zero-order valence-corrected chi connectivity index (χ0v) is 7.14. The summed E-state index contributed by atoms with van der Waals surface area (Å²) in [5, 5.41) is 9.23. The van der Waals surface area contributed by atoms with Crippen molar-refractivity contribution in [1.82, 2.24) is 15.4 Å². The summed E-state index contributed by atoms with van der Waals surface area (Å²) < 4.78 is 0. The molecule has 0 atom stereocenters. The Morgan fingerprint density at radius 2 is 2.14 bits per heavy atom. The predicted molar refractivity (Wildman–Crippen MR) is 48.8 cm³/mol. The number of amides is 1. The molecular formula is C9H7N3O2. The van der Waals surface area contributed by atoms with Crippen molar-refractivity contribution in [1.29, 1.82) is 0 Å². The molecule has 2 N–H and O–H groups in total. The molecule has 0 unspecified atom stereocenters. The lowest BCUT2D eigenvalue weighted by Gasteiger charge is -1.99. The Bertz CT molecular complexity index is 484. The molecule has 0 aliphatic carbocycles. The van der Waals surface area contributed by atoms with Gasteiger partial charge in [0.25, 0.3) is 0 Å². The van der Waals surface area contributed by atoms with Crippen LogP contribution >= 0.6 is 0 Å². The van der Waals surface area contributed by atoms with Gasteiger partial charge in [0.2, 0.25) is 5.82 Å². The molecule has 1 aromatic carbocycles. The Balaban J connectivity index is 2.56. The van der Waals surface area contributed by atoms with Crippen LogP contribution in [0.2, 0.25) is 0 Å². The lowest BCUT2D eigenvalue weighted by atomic mass is 10.2. The quantitative estimate of drug-likeness (QED) is 0.512. The Morgan fingerprint density at radius 3 is 2.93 bits per heavy atom. The molecule has 0 aliphatic heterocycles. The minimum Gasteiger partial charge on any atom is -0.288 e. The van der Waals surface area contributed by atoms with Gasteiger partial charge in [0, 0.05) is 11.6 Å². The van der Waals surface area contributed by atoms with E-state index in [1.807, 2.05) is 18.2 Å². The molecule has 0 bridgehead atoms. The molecule has 14 heavy (non-hydrogen) atoms. The average Bonchev–Trinajstić information content (AvgIpc) is 2.27. The van der Waals surface area contributed by atoms with Crippen molar-refractivity contribution in [2.24, 2.45) is 0 Å². The van der Waals surface area contributed by atoms with Gasteiger partial charge in [-0.05, 0) is 6.07 Å². The summed E-state index contributed by atoms with van der Waals surface area (Å²) in [5.41, 5.74) is 2.15. The van der Waals surface area contributed by atoms with Gasteiger partial charge in [0.15, 0.2) is 0 Å². The van der Waals surface area contributed by atoms with Gasteiger partial charge in [-0.1, -0.05) is 18.2 Å². The standard InChI is InChI=1S/C9H7N3O2/c13-9(12-14)8-10-5-6-3-1-2-4-7(6)11-8/h1-5,14H,(H,12,13). The van der Waals surface area contributed by atoms with Gasteiger partial charge in [0.1, 0.15) is 0 Å². The molecule has 0 spiro atoms. The molecule has 0 fully saturated rings. The van der Waals surface area contributed by atoms with Crippen molar-refractivity contribution in [3.8, 4) is 0 Å². The molecule has 70 valence electrons. The molecule has 1 heterocycles. The van der Waals surface area contributed by atoms with Gasteiger partial charge in [-0.2, -0.15) is 0 Å². The highest BCUT2D eigenvalue weighted by atomic mass is 16.5. The molecule has 5 heteroatoms. The fourth-order valence-electron chi connectivity index (χ4n) is 1.13. The molecule has 0 aliphatic rings. The predicted octanol–water partition coefficient (Wildman–Crippen LogP) is 0.749. The monoisotopic (exact) mass is 189 g/mol. The van der Waals surface area contributed by atoms with Crippen molar-refractivity contribution in [3.63, 3.8) is 0 Å². The minimum absolute atomic E-state index is 0.0498. The molecule has 0 radical (unpaired) electrons. The Kier molecular flexibility index (Phi) is 2.08. The summed E-state index contributed by atoms with van der Waals surface area (Å²) in [6.07, 6.45) is 1.53. The molecule has 1 amide bonds. The summed E-state index contributed by atoms with van der Waals surface area (Å²) in [6.45, 7) is 0. The van der Waals surface area contributed by atoms with E-state index in [9.17, 15) is 4.79 Å². The number of aromatic nitrogens is 2. The fraction of sp³-hybridized carbons (Fsp3) is 0. The Morgan fingerprint density at radius 1 is 1.36 bits per heavy atom. The van der Waals surface area contributed by atoms with E-state index < -0.39 is 5.91 Å². The van der Waals surface area contributed by atoms with Crippen molar-refractivity contribution in [2.45, 2.75) is 0 Å². The van der Waals surface area contributed by atoms with E-state index >= 15 is 0 Å². The van der Waals surface area contributed by atoms with Crippen molar-refractivity contribution < 1.29 is 10.0 Å². The Hall–Kier alpha value is -2.01. The summed E-state index contributed by atoms with van der Waals surface area (Å²) in [4.78, 5) is 18.7. The number of hydrogen-bond acceptors (Lipinski definition) is 4. The van der Waals surface area contributed by atoms with Crippen LogP contribution in [0.5, 0.6) is 0 Å². The van der Waals surface area contributed by atoms with Gasteiger partial charge >= 0.3 is 5.91 Å². The first-order chi connectivity index (χ1) is 6.81. The van der Waals surface area contributed by atoms with E-state index in [-0.39, 0.29) is 5.82 Å². The number of carbonyl (C=O) groups excluding carboxylic acids is 1. The second-order valence-corrected chi connectivity index (χ2v) is 2.69. The fourth-order valence-corrected chi connectivity index (χ4v) is 1.13. The average molecular weight is 189 g/mol. The molecule has 1 aromatic heterocycles. The van der Waals surface area contributed by atoms with Crippen LogP contribution in [0.15, 0.2) is 30.5 Å².